The Kier molecular flexibility index (Phi) is 4.89. The molecule has 1 amide bonds. The maximum atomic E-state index is 12.3. The number of hydrogen-bond acceptors (Lipinski definition) is 6. The molecule has 22 heavy (non-hydrogen) atoms. The van der Waals surface area contributed by atoms with E-state index in [0.717, 1.165) is 0 Å². The first kappa shape index (κ1) is 16.1. The Morgan fingerprint density at radius 2 is 2.27 bits per heavy atom. The molecule has 0 aliphatic carbocycles. The first-order valence-corrected chi connectivity index (χ1v) is 6.89. The predicted octanol–water partition coefficient (Wildman–Crippen LogP) is 0.596. The van der Waals surface area contributed by atoms with Crippen LogP contribution in [0.25, 0.3) is 0 Å². The van der Waals surface area contributed by atoms with Gasteiger partial charge in [0.1, 0.15) is 5.70 Å². The van der Waals surface area contributed by atoms with E-state index in [1.54, 1.807) is 18.2 Å². The van der Waals surface area contributed by atoms with Gasteiger partial charge in [-0.25, -0.2) is 4.79 Å². The van der Waals surface area contributed by atoms with Crippen LogP contribution in [0.3, 0.4) is 0 Å². The molecule has 0 radical (unpaired) electrons. The van der Waals surface area contributed by atoms with E-state index in [4.69, 9.17) is 27.2 Å². The van der Waals surface area contributed by atoms with Crippen LogP contribution in [0.2, 0.25) is 5.02 Å². The quantitative estimate of drug-likeness (QED) is 0.541. The molecule has 118 valence electrons. The van der Waals surface area contributed by atoms with Crippen molar-refractivity contribution in [3.05, 3.63) is 34.5 Å². The van der Waals surface area contributed by atoms with E-state index in [0.29, 0.717) is 16.4 Å². The van der Waals surface area contributed by atoms with Crippen LogP contribution < -0.4 is 11.1 Å². The molecule has 1 aliphatic rings. The van der Waals surface area contributed by atoms with Gasteiger partial charge in [0.25, 0.3) is 5.91 Å². The van der Waals surface area contributed by atoms with E-state index in [-0.39, 0.29) is 36.9 Å². The number of benzene rings is 1. The van der Waals surface area contributed by atoms with Crippen LogP contribution in [-0.4, -0.2) is 48.7 Å². The second-order valence-electron chi connectivity index (χ2n) is 4.66. The molecule has 8 heteroatoms. The highest BCUT2D eigenvalue weighted by atomic mass is 35.5. The standard InChI is InChI=1S/C14H16ClN3O4/c1-22-14(21)9-7-18(4-5-19)13(20)12(9)17-8-2-3-11(16)10(15)6-8/h2-3,6,17,19H,4-5,7,16H2,1H3. The van der Waals surface area contributed by atoms with Crippen molar-refractivity contribution in [1.82, 2.24) is 4.90 Å². The molecular formula is C14H16ClN3O4. The zero-order chi connectivity index (χ0) is 16.3. The van der Waals surface area contributed by atoms with Gasteiger partial charge in [0.2, 0.25) is 0 Å². The fraction of sp³-hybridized carbons (Fsp3) is 0.286. The van der Waals surface area contributed by atoms with Gasteiger partial charge < -0.3 is 25.8 Å². The number of halogens is 1. The third kappa shape index (κ3) is 3.15. The van der Waals surface area contributed by atoms with E-state index in [1.165, 1.54) is 12.0 Å². The van der Waals surface area contributed by atoms with Crippen LogP contribution in [0, 0.1) is 0 Å². The number of nitrogens with zero attached hydrogens (tertiary/aromatic N) is 1. The van der Waals surface area contributed by atoms with E-state index < -0.39 is 5.97 Å². The molecule has 0 aromatic heterocycles. The number of rotatable bonds is 5. The number of esters is 1. The van der Waals surface area contributed by atoms with Crippen molar-refractivity contribution in [1.29, 1.82) is 0 Å². The average molecular weight is 326 g/mol. The number of ether oxygens (including phenoxy) is 1. The van der Waals surface area contributed by atoms with Crippen LogP contribution in [0.4, 0.5) is 11.4 Å². The lowest BCUT2D eigenvalue weighted by molar-refractivity contribution is -0.136. The summed E-state index contributed by atoms with van der Waals surface area (Å²) in [5, 5.41) is 12.2. The van der Waals surface area contributed by atoms with Gasteiger partial charge in [-0.2, -0.15) is 0 Å². The van der Waals surface area contributed by atoms with Gasteiger partial charge in [0.15, 0.2) is 0 Å². The largest absolute Gasteiger partial charge is 0.466 e. The van der Waals surface area contributed by atoms with Crippen molar-refractivity contribution >= 4 is 34.9 Å². The van der Waals surface area contributed by atoms with Gasteiger partial charge in [-0.15, -0.1) is 0 Å². The van der Waals surface area contributed by atoms with Crippen molar-refractivity contribution in [2.75, 3.05) is 37.9 Å². The molecule has 1 aromatic rings. The van der Waals surface area contributed by atoms with Gasteiger partial charge in [0, 0.05) is 12.2 Å². The summed E-state index contributed by atoms with van der Waals surface area (Å²) < 4.78 is 4.70. The second-order valence-corrected chi connectivity index (χ2v) is 5.06. The van der Waals surface area contributed by atoms with Crippen LogP contribution in [-0.2, 0) is 14.3 Å². The van der Waals surface area contributed by atoms with Crippen molar-refractivity contribution in [2.24, 2.45) is 0 Å². The Labute approximate surface area is 132 Å². The highest BCUT2D eigenvalue weighted by Crippen LogP contribution is 2.26. The van der Waals surface area contributed by atoms with Crippen molar-refractivity contribution < 1.29 is 19.4 Å². The zero-order valence-electron chi connectivity index (χ0n) is 11.9. The second kappa shape index (κ2) is 6.67. The number of anilines is 2. The number of aliphatic hydroxyl groups excluding tert-OH is 1. The van der Waals surface area contributed by atoms with Crippen LogP contribution in [0.1, 0.15) is 0 Å². The average Bonchev–Trinajstić information content (AvgIpc) is 2.80. The van der Waals surface area contributed by atoms with Gasteiger partial charge in [-0.1, -0.05) is 11.6 Å². The maximum absolute atomic E-state index is 12.3. The van der Waals surface area contributed by atoms with Crippen LogP contribution in [0.15, 0.2) is 29.5 Å². The summed E-state index contributed by atoms with van der Waals surface area (Å²) in [7, 11) is 1.24. The molecule has 4 N–H and O–H groups in total. The lowest BCUT2D eigenvalue weighted by atomic mass is 10.2. The molecule has 0 fully saturated rings. The lowest BCUT2D eigenvalue weighted by Crippen LogP contribution is -2.31. The summed E-state index contributed by atoms with van der Waals surface area (Å²) in [5.74, 6) is -0.986. The number of β-amino-alcohol motifs (C(OH)–C–C–N with tert-alkyl or cyclic N) is 1. The number of nitrogens with two attached hydrogens (primary N) is 1. The Hall–Kier alpha value is -2.25. The topological polar surface area (TPSA) is 105 Å². The van der Waals surface area contributed by atoms with Crippen molar-refractivity contribution in [3.63, 3.8) is 0 Å². The molecule has 0 atom stereocenters. The minimum atomic E-state index is -0.599. The Morgan fingerprint density at radius 1 is 1.55 bits per heavy atom. The molecule has 1 aromatic carbocycles. The Balaban J connectivity index is 2.32. The number of amides is 1. The number of nitrogens with one attached hydrogen (secondary N) is 1. The molecule has 1 heterocycles. The number of carbonyl (C=O) groups is 2. The summed E-state index contributed by atoms with van der Waals surface area (Å²) in [4.78, 5) is 25.5. The zero-order valence-corrected chi connectivity index (χ0v) is 12.7. The normalized spacial score (nSPS) is 14.5. The Bertz CT molecular complexity index is 645. The Morgan fingerprint density at radius 3 is 2.86 bits per heavy atom. The predicted molar refractivity (Wildman–Crippen MR) is 82.2 cm³/mol. The number of nitrogen functional groups attached to an aromatic ring is 1. The van der Waals surface area contributed by atoms with Crippen LogP contribution >= 0.6 is 11.6 Å². The fourth-order valence-electron chi connectivity index (χ4n) is 2.10. The van der Waals surface area contributed by atoms with Crippen LogP contribution in [0.5, 0.6) is 0 Å². The summed E-state index contributed by atoms with van der Waals surface area (Å²) in [5.41, 5.74) is 6.88. The summed E-state index contributed by atoms with van der Waals surface area (Å²) in [6.45, 7) is 0.0191. The summed E-state index contributed by atoms with van der Waals surface area (Å²) >= 11 is 5.94. The van der Waals surface area contributed by atoms with Gasteiger partial charge in [0.05, 0.1) is 36.5 Å². The number of aliphatic hydroxyl groups is 1. The van der Waals surface area contributed by atoms with Gasteiger partial charge in [-0.05, 0) is 18.2 Å². The molecular weight excluding hydrogens is 310 g/mol. The molecule has 0 bridgehead atoms. The van der Waals surface area contributed by atoms with Crippen molar-refractivity contribution in [2.45, 2.75) is 0 Å². The SMILES string of the molecule is COC(=O)C1=C(Nc2ccc(N)c(Cl)c2)C(=O)N(CCO)C1. The first-order chi connectivity index (χ1) is 10.5. The number of carbonyl (C=O) groups excluding carboxylic acids is 2. The van der Waals surface area contributed by atoms with E-state index in [9.17, 15) is 9.59 Å². The molecule has 7 nitrogen and oxygen atoms in total. The van der Waals surface area contributed by atoms with E-state index in [1.807, 2.05) is 0 Å². The first-order valence-electron chi connectivity index (χ1n) is 6.51. The van der Waals surface area contributed by atoms with Gasteiger partial charge >= 0.3 is 5.97 Å². The summed E-state index contributed by atoms with van der Waals surface area (Å²) in [6.07, 6.45) is 0. The van der Waals surface area contributed by atoms with E-state index in [2.05, 4.69) is 5.32 Å². The highest BCUT2D eigenvalue weighted by Gasteiger charge is 2.34. The molecule has 2 rings (SSSR count). The van der Waals surface area contributed by atoms with Crippen molar-refractivity contribution in [3.8, 4) is 0 Å². The minimum absolute atomic E-state index is 0.0805. The molecule has 0 saturated heterocycles. The minimum Gasteiger partial charge on any atom is -0.466 e. The summed E-state index contributed by atoms with van der Waals surface area (Å²) in [6, 6.07) is 4.79. The van der Waals surface area contributed by atoms with E-state index >= 15 is 0 Å². The molecule has 1 aliphatic heterocycles. The lowest BCUT2D eigenvalue weighted by Gasteiger charge is -2.15. The molecule has 0 spiro atoms. The number of methoxy groups -OCH3 is 1. The number of hydrogen-bond donors (Lipinski definition) is 3. The molecule has 0 saturated carbocycles. The molecule has 0 unspecified atom stereocenters. The monoisotopic (exact) mass is 325 g/mol. The maximum Gasteiger partial charge on any atom is 0.337 e. The van der Waals surface area contributed by atoms with Gasteiger partial charge in [-0.3, -0.25) is 4.79 Å². The smallest absolute Gasteiger partial charge is 0.337 e. The fourth-order valence-corrected chi connectivity index (χ4v) is 2.28. The third-order valence-corrected chi connectivity index (χ3v) is 3.55. The highest BCUT2D eigenvalue weighted by molar-refractivity contribution is 6.33. The third-order valence-electron chi connectivity index (χ3n) is 3.22.